The summed E-state index contributed by atoms with van der Waals surface area (Å²) >= 11 is 0. The molecule has 1 unspecified atom stereocenters. The Morgan fingerprint density at radius 2 is 1.78 bits per heavy atom. The summed E-state index contributed by atoms with van der Waals surface area (Å²) in [5.74, 6) is 2.47. The van der Waals surface area contributed by atoms with E-state index in [1.165, 1.54) is 16.7 Å². The van der Waals surface area contributed by atoms with Crippen molar-refractivity contribution in [2.45, 2.75) is 39.7 Å². The molecule has 4 aromatic rings. The number of piperidine rings is 1. The Morgan fingerprint density at radius 1 is 1.03 bits per heavy atom. The van der Waals surface area contributed by atoms with Gasteiger partial charge in [0.1, 0.15) is 11.6 Å². The Morgan fingerprint density at radius 3 is 2.47 bits per heavy atom. The smallest absolute Gasteiger partial charge is 0.223 e. The zero-order chi connectivity index (χ0) is 25.2. The molecule has 0 radical (unpaired) electrons. The number of aromatic nitrogens is 4. The number of fused-ring (bicyclic) bond motifs is 1. The second kappa shape index (κ2) is 9.97. The molecule has 1 N–H and O–H groups in total. The molecule has 186 valence electrons. The van der Waals surface area contributed by atoms with Crippen LogP contribution in [-0.4, -0.2) is 45.9 Å². The normalized spacial score (nSPS) is 15.2. The Labute approximate surface area is 211 Å². The lowest BCUT2D eigenvalue weighted by atomic mass is 9.94. The molecule has 1 atom stereocenters. The molecule has 1 amide bonds. The molecule has 2 aromatic heterocycles. The summed E-state index contributed by atoms with van der Waals surface area (Å²) < 4.78 is 7.04. The van der Waals surface area contributed by atoms with Crippen LogP contribution in [0, 0.1) is 19.8 Å². The van der Waals surface area contributed by atoms with Crippen molar-refractivity contribution in [2.24, 2.45) is 5.92 Å². The van der Waals surface area contributed by atoms with Crippen molar-refractivity contribution < 1.29 is 9.53 Å². The van der Waals surface area contributed by atoms with Gasteiger partial charge in [0.2, 0.25) is 5.91 Å². The van der Waals surface area contributed by atoms with Gasteiger partial charge in [-0.15, -0.1) is 15.3 Å². The lowest BCUT2D eigenvalue weighted by Crippen LogP contribution is -2.41. The Balaban J connectivity index is 1.25. The van der Waals surface area contributed by atoms with E-state index in [9.17, 15) is 4.79 Å². The van der Waals surface area contributed by atoms with E-state index in [4.69, 9.17) is 9.84 Å². The number of ether oxygens (including phenoxy) is 1. The van der Waals surface area contributed by atoms with Gasteiger partial charge < -0.3 is 15.0 Å². The first kappa shape index (κ1) is 23.8. The molecular weight excluding hydrogens is 452 g/mol. The van der Waals surface area contributed by atoms with Gasteiger partial charge in [0, 0.05) is 24.6 Å². The molecular formula is C28H32N6O2. The number of hydrogen-bond acceptors (Lipinski definition) is 6. The van der Waals surface area contributed by atoms with Crippen LogP contribution in [0.5, 0.6) is 5.75 Å². The van der Waals surface area contributed by atoms with E-state index < -0.39 is 0 Å². The lowest BCUT2D eigenvalue weighted by molar-refractivity contribution is -0.126. The van der Waals surface area contributed by atoms with Crippen LogP contribution < -0.4 is 15.0 Å². The number of carbonyl (C=O) groups excluding carboxylic acids is 1. The van der Waals surface area contributed by atoms with E-state index in [1.54, 1.807) is 11.6 Å². The summed E-state index contributed by atoms with van der Waals surface area (Å²) in [6.45, 7) is 7.79. The van der Waals surface area contributed by atoms with E-state index in [0.717, 1.165) is 43.1 Å². The third-order valence-electron chi connectivity index (χ3n) is 7.04. The summed E-state index contributed by atoms with van der Waals surface area (Å²) in [6, 6.07) is 18.0. The van der Waals surface area contributed by atoms with Crippen LogP contribution in [0.25, 0.3) is 17.0 Å². The molecule has 1 aliphatic heterocycles. The van der Waals surface area contributed by atoms with Crippen molar-refractivity contribution in [3.63, 3.8) is 0 Å². The zero-order valence-corrected chi connectivity index (χ0v) is 21.2. The second-order valence-electron chi connectivity index (χ2n) is 9.57. The van der Waals surface area contributed by atoms with Crippen molar-refractivity contribution in [3.05, 3.63) is 71.3 Å². The standard InChI is InChI=1S/C28H32N6O2/c1-18-5-10-24(19(2)17-18)20(3)29-28(35)22-13-15-33(16-14-22)26-12-11-25-30-31-27(34(25)32-26)21-6-8-23(36-4)9-7-21/h5-12,17,20,22H,13-16H2,1-4H3,(H,29,35). The van der Waals surface area contributed by atoms with Crippen LogP contribution in [0.15, 0.2) is 54.6 Å². The monoisotopic (exact) mass is 484 g/mol. The Bertz CT molecular complexity index is 1370. The molecule has 8 heteroatoms. The maximum Gasteiger partial charge on any atom is 0.223 e. The molecule has 1 fully saturated rings. The molecule has 0 saturated carbocycles. The summed E-state index contributed by atoms with van der Waals surface area (Å²) in [7, 11) is 1.65. The molecule has 5 rings (SSSR count). The molecule has 0 bridgehead atoms. The fourth-order valence-electron chi connectivity index (χ4n) is 4.96. The molecule has 3 heterocycles. The van der Waals surface area contributed by atoms with Gasteiger partial charge in [-0.05, 0) is 81.1 Å². The number of nitrogens with one attached hydrogen (secondary N) is 1. The fourth-order valence-corrected chi connectivity index (χ4v) is 4.96. The van der Waals surface area contributed by atoms with E-state index in [-0.39, 0.29) is 17.9 Å². The minimum absolute atomic E-state index is 0.00274. The second-order valence-corrected chi connectivity index (χ2v) is 9.57. The van der Waals surface area contributed by atoms with Crippen LogP contribution >= 0.6 is 0 Å². The van der Waals surface area contributed by atoms with Crippen LogP contribution in [0.1, 0.15) is 42.5 Å². The van der Waals surface area contributed by atoms with Crippen LogP contribution in [0.3, 0.4) is 0 Å². The third kappa shape index (κ3) is 4.76. The molecule has 1 saturated heterocycles. The molecule has 1 aliphatic rings. The molecule has 36 heavy (non-hydrogen) atoms. The average molecular weight is 485 g/mol. The third-order valence-corrected chi connectivity index (χ3v) is 7.04. The summed E-state index contributed by atoms with van der Waals surface area (Å²) in [6.07, 6.45) is 1.58. The van der Waals surface area contributed by atoms with Crippen LogP contribution in [-0.2, 0) is 4.79 Å². The predicted molar refractivity (Wildman–Crippen MR) is 140 cm³/mol. The number of nitrogens with zero attached hydrogens (tertiary/aromatic N) is 5. The maximum atomic E-state index is 13.0. The maximum absolute atomic E-state index is 13.0. The van der Waals surface area contributed by atoms with Gasteiger partial charge in [-0.3, -0.25) is 4.79 Å². The largest absolute Gasteiger partial charge is 0.497 e. The van der Waals surface area contributed by atoms with Gasteiger partial charge in [-0.1, -0.05) is 23.8 Å². The van der Waals surface area contributed by atoms with Gasteiger partial charge in [-0.2, -0.15) is 4.52 Å². The number of aryl methyl sites for hydroxylation is 2. The molecule has 2 aromatic carbocycles. The summed E-state index contributed by atoms with van der Waals surface area (Å²) in [4.78, 5) is 15.2. The summed E-state index contributed by atoms with van der Waals surface area (Å²) in [5.41, 5.74) is 5.23. The first-order valence-electron chi connectivity index (χ1n) is 12.4. The number of carbonyl (C=O) groups is 1. The van der Waals surface area contributed by atoms with Gasteiger partial charge in [0.15, 0.2) is 11.5 Å². The highest BCUT2D eigenvalue weighted by Crippen LogP contribution is 2.26. The minimum atomic E-state index is -0.00896. The lowest BCUT2D eigenvalue weighted by Gasteiger charge is -2.32. The number of hydrogen-bond donors (Lipinski definition) is 1. The highest BCUT2D eigenvalue weighted by molar-refractivity contribution is 5.79. The number of methoxy groups -OCH3 is 1. The quantitative estimate of drug-likeness (QED) is 0.434. The number of rotatable bonds is 6. The minimum Gasteiger partial charge on any atom is -0.497 e. The number of amides is 1. The molecule has 8 nitrogen and oxygen atoms in total. The number of benzene rings is 2. The van der Waals surface area contributed by atoms with Crippen molar-refractivity contribution in [1.82, 2.24) is 25.1 Å². The fraction of sp³-hybridized carbons (Fsp3) is 0.357. The van der Waals surface area contributed by atoms with Gasteiger partial charge >= 0.3 is 0 Å². The Kier molecular flexibility index (Phi) is 6.59. The van der Waals surface area contributed by atoms with Crippen molar-refractivity contribution >= 4 is 17.4 Å². The predicted octanol–water partition coefficient (Wildman–Crippen LogP) is 4.51. The first-order chi connectivity index (χ1) is 17.4. The van der Waals surface area contributed by atoms with Crippen LogP contribution in [0.2, 0.25) is 0 Å². The van der Waals surface area contributed by atoms with E-state index in [0.29, 0.717) is 11.5 Å². The first-order valence-corrected chi connectivity index (χ1v) is 12.4. The van der Waals surface area contributed by atoms with E-state index in [2.05, 4.69) is 59.4 Å². The average Bonchev–Trinajstić information content (AvgIpc) is 3.32. The van der Waals surface area contributed by atoms with Gasteiger partial charge in [-0.25, -0.2) is 0 Å². The molecule has 0 aliphatic carbocycles. The highest BCUT2D eigenvalue weighted by atomic mass is 16.5. The zero-order valence-electron chi connectivity index (χ0n) is 21.2. The Hall–Kier alpha value is -3.94. The molecule has 0 spiro atoms. The van der Waals surface area contributed by atoms with Crippen LogP contribution in [0.4, 0.5) is 5.82 Å². The van der Waals surface area contributed by atoms with Crippen molar-refractivity contribution in [2.75, 3.05) is 25.1 Å². The highest BCUT2D eigenvalue weighted by Gasteiger charge is 2.27. The van der Waals surface area contributed by atoms with Gasteiger partial charge in [0.25, 0.3) is 0 Å². The van der Waals surface area contributed by atoms with Gasteiger partial charge in [0.05, 0.1) is 13.2 Å². The van der Waals surface area contributed by atoms with E-state index in [1.807, 2.05) is 36.4 Å². The number of anilines is 1. The summed E-state index contributed by atoms with van der Waals surface area (Å²) in [5, 5.41) is 16.7. The van der Waals surface area contributed by atoms with Crippen molar-refractivity contribution in [3.8, 4) is 17.1 Å². The van der Waals surface area contributed by atoms with Crippen molar-refractivity contribution in [1.29, 1.82) is 0 Å². The SMILES string of the molecule is COc1ccc(-c2nnc3ccc(N4CCC(C(=O)NC(C)c5ccc(C)cc5C)CC4)nn23)cc1. The van der Waals surface area contributed by atoms with E-state index >= 15 is 0 Å². The topological polar surface area (TPSA) is 84.7 Å².